The van der Waals surface area contributed by atoms with Crippen molar-refractivity contribution in [3.8, 4) is 34.5 Å². The lowest BCUT2D eigenvalue weighted by atomic mass is 9.85. The van der Waals surface area contributed by atoms with Crippen LogP contribution in [0.2, 0.25) is 0 Å². The average Bonchev–Trinajstić information content (AvgIpc) is 3.44. The van der Waals surface area contributed by atoms with Crippen LogP contribution in [-0.4, -0.2) is 52.2 Å². The van der Waals surface area contributed by atoms with Gasteiger partial charge in [-0.25, -0.2) is 0 Å². The summed E-state index contributed by atoms with van der Waals surface area (Å²) in [7, 11) is 6.37. The summed E-state index contributed by atoms with van der Waals surface area (Å²) in [6, 6.07) is 22.1. The Morgan fingerprint density at radius 2 is 0.882 bits per heavy atom. The maximum Gasteiger partial charge on any atom is 0.203 e. The largest absolute Gasteiger partial charge is 0.496 e. The second-order valence-corrected chi connectivity index (χ2v) is 13.1. The molecule has 1 fully saturated rings. The van der Waals surface area contributed by atoms with Gasteiger partial charge in [-0.3, -0.25) is 9.59 Å². The van der Waals surface area contributed by atoms with Crippen LogP contribution < -0.4 is 28.4 Å². The summed E-state index contributed by atoms with van der Waals surface area (Å²) in [5.74, 6) is 3.46. The molecule has 9 heteroatoms. The molecule has 1 saturated heterocycles. The Bertz CT molecular complexity index is 1750. The Kier molecular flexibility index (Phi) is 11.6. The molecule has 4 aromatic rings. The molecule has 0 spiro atoms. The zero-order valence-corrected chi connectivity index (χ0v) is 31.1. The first kappa shape index (κ1) is 37.2. The van der Waals surface area contributed by atoms with Crippen molar-refractivity contribution in [3.63, 3.8) is 0 Å². The van der Waals surface area contributed by atoms with E-state index < -0.39 is 12.2 Å². The zero-order valence-electron chi connectivity index (χ0n) is 31.1. The number of carbonyl (C=O) groups excluding carboxylic acids is 2. The molecule has 51 heavy (non-hydrogen) atoms. The van der Waals surface area contributed by atoms with Gasteiger partial charge in [0.2, 0.25) is 11.6 Å². The van der Waals surface area contributed by atoms with Crippen molar-refractivity contribution >= 4 is 11.6 Å². The number of ketones is 2. The molecule has 0 amide bonds. The number of hydrogen-bond acceptors (Lipinski definition) is 9. The maximum absolute atomic E-state index is 13.2. The predicted octanol–water partition coefficient (Wildman–Crippen LogP) is 8.72. The Morgan fingerprint density at radius 1 is 0.529 bits per heavy atom. The topological polar surface area (TPSA) is 98.8 Å². The number of ether oxygens (including phenoxy) is 7. The Hall–Kier alpha value is -5.02. The van der Waals surface area contributed by atoms with Crippen molar-refractivity contribution in [1.29, 1.82) is 0 Å². The van der Waals surface area contributed by atoms with Gasteiger partial charge in [-0.1, -0.05) is 26.0 Å². The molecule has 4 aromatic carbocycles. The third-order valence-electron chi connectivity index (χ3n) is 9.81. The molecule has 0 N–H and O–H groups in total. The van der Waals surface area contributed by atoms with Gasteiger partial charge in [-0.05, 0) is 122 Å². The highest BCUT2D eigenvalue weighted by atomic mass is 16.5. The van der Waals surface area contributed by atoms with E-state index in [1.165, 1.54) is 0 Å². The van der Waals surface area contributed by atoms with Gasteiger partial charge in [0.1, 0.15) is 11.5 Å². The smallest absolute Gasteiger partial charge is 0.203 e. The van der Waals surface area contributed by atoms with Gasteiger partial charge >= 0.3 is 0 Å². The molecule has 1 aliphatic rings. The number of methoxy groups -OCH3 is 4. The molecule has 0 aliphatic carbocycles. The van der Waals surface area contributed by atoms with E-state index in [2.05, 4.69) is 13.8 Å². The van der Waals surface area contributed by atoms with E-state index in [-0.39, 0.29) is 35.6 Å². The summed E-state index contributed by atoms with van der Waals surface area (Å²) in [6.07, 6.45) is -1.92. The number of carbonyl (C=O) groups is 2. The highest BCUT2D eigenvalue weighted by molar-refractivity contribution is 6.00. The zero-order chi connectivity index (χ0) is 37.0. The van der Waals surface area contributed by atoms with Gasteiger partial charge in [0.15, 0.2) is 35.2 Å². The van der Waals surface area contributed by atoms with Crippen molar-refractivity contribution in [3.05, 3.63) is 106 Å². The first-order chi connectivity index (χ1) is 24.4. The minimum Gasteiger partial charge on any atom is -0.496 e. The van der Waals surface area contributed by atoms with Crippen molar-refractivity contribution in [2.24, 2.45) is 11.8 Å². The molecule has 5 rings (SSSR count). The molecule has 1 heterocycles. The lowest BCUT2D eigenvalue weighted by Gasteiger charge is -2.21. The Labute approximate surface area is 300 Å². The minimum atomic E-state index is -0.738. The molecule has 1 aliphatic heterocycles. The van der Waals surface area contributed by atoms with Crippen molar-refractivity contribution in [2.75, 3.05) is 28.4 Å². The fraction of sp³-hybridized carbons (Fsp3) is 0.381. The lowest BCUT2D eigenvalue weighted by Crippen LogP contribution is -2.24. The fourth-order valence-electron chi connectivity index (χ4n) is 6.66. The Morgan fingerprint density at radius 3 is 1.22 bits per heavy atom. The van der Waals surface area contributed by atoms with E-state index in [1.807, 2.05) is 50.2 Å². The van der Waals surface area contributed by atoms with E-state index in [4.69, 9.17) is 33.2 Å². The first-order valence-corrected chi connectivity index (χ1v) is 17.1. The number of aryl methyl sites for hydroxylation is 2. The van der Waals surface area contributed by atoms with Gasteiger partial charge < -0.3 is 33.2 Å². The molecule has 9 nitrogen and oxygen atoms in total. The van der Waals surface area contributed by atoms with Crippen LogP contribution in [0, 0.1) is 25.7 Å². The second kappa shape index (κ2) is 15.9. The number of benzene rings is 4. The van der Waals surface area contributed by atoms with E-state index in [0.717, 1.165) is 33.8 Å². The summed E-state index contributed by atoms with van der Waals surface area (Å²) < 4.78 is 41.1. The van der Waals surface area contributed by atoms with Crippen LogP contribution in [-0.2, 0) is 4.74 Å². The average molecular weight is 697 g/mol. The molecule has 0 radical (unpaired) electrons. The van der Waals surface area contributed by atoms with E-state index in [1.54, 1.807) is 78.7 Å². The monoisotopic (exact) mass is 696 g/mol. The summed E-state index contributed by atoms with van der Waals surface area (Å²) in [5, 5.41) is 0. The van der Waals surface area contributed by atoms with Crippen molar-refractivity contribution < 1.29 is 42.7 Å². The van der Waals surface area contributed by atoms with Gasteiger partial charge in [-0.2, -0.15) is 0 Å². The summed E-state index contributed by atoms with van der Waals surface area (Å²) in [6.45, 7) is 11.6. The standard InChI is InChI=1S/C42H48O9/c1-23-19-29(11-15-33(23)45-7)39(43)27(5)49-35-17-13-31(21-37(35)47-9)41-25(3)26(4)42(51-41)32-14-18-36(38(22-32)48-10)50-28(6)40(44)30-12-16-34(46-8)24(2)20-30/h11-22,25-28,41-42H,1-10H3/t25-,26-,27-,28-,41+,42?/m1/s1. The molecule has 6 atom stereocenters. The molecular weight excluding hydrogens is 648 g/mol. The summed E-state index contributed by atoms with van der Waals surface area (Å²) in [4.78, 5) is 26.4. The van der Waals surface area contributed by atoms with Crippen molar-refractivity contribution in [1.82, 2.24) is 0 Å². The molecule has 1 unspecified atom stereocenters. The Balaban J connectivity index is 1.29. The van der Waals surface area contributed by atoms with Crippen LogP contribution in [0.3, 0.4) is 0 Å². The van der Waals surface area contributed by atoms with Crippen LogP contribution >= 0.6 is 0 Å². The van der Waals surface area contributed by atoms with Crippen LogP contribution in [0.4, 0.5) is 0 Å². The normalized spacial score (nSPS) is 19.5. The van der Waals surface area contributed by atoms with Crippen molar-refractivity contribution in [2.45, 2.75) is 66.0 Å². The molecular formula is C42H48O9. The van der Waals surface area contributed by atoms with Gasteiger partial charge in [0.25, 0.3) is 0 Å². The predicted molar refractivity (Wildman–Crippen MR) is 195 cm³/mol. The lowest BCUT2D eigenvalue weighted by molar-refractivity contribution is 0.0287. The van der Waals surface area contributed by atoms with Gasteiger partial charge in [0.05, 0.1) is 40.6 Å². The third kappa shape index (κ3) is 7.84. The highest BCUT2D eigenvalue weighted by Crippen LogP contribution is 2.51. The third-order valence-corrected chi connectivity index (χ3v) is 9.81. The molecule has 0 aromatic heterocycles. The molecule has 0 bridgehead atoms. The SMILES string of the molecule is COc1ccc(C(=O)[C@@H](C)Oc2ccc(C3O[C@H](c4ccc(O[C@H](C)C(=O)c5ccc(OC)c(C)c5)c(OC)c4)[C@H](C)[C@H]3C)cc2OC)cc1C. The highest BCUT2D eigenvalue weighted by Gasteiger charge is 2.41. The first-order valence-electron chi connectivity index (χ1n) is 17.1. The summed E-state index contributed by atoms with van der Waals surface area (Å²) >= 11 is 0. The number of rotatable bonds is 14. The van der Waals surface area contributed by atoms with Crippen LogP contribution in [0.5, 0.6) is 34.5 Å². The quantitative estimate of drug-likeness (QED) is 0.120. The van der Waals surface area contributed by atoms with E-state index in [0.29, 0.717) is 34.1 Å². The number of Topliss-reactive ketones (excluding diaryl/α,β-unsaturated/α-hetero) is 2. The van der Waals surface area contributed by atoms with Crippen LogP contribution in [0.15, 0.2) is 72.8 Å². The van der Waals surface area contributed by atoms with Crippen LogP contribution in [0.1, 0.15) is 82.9 Å². The van der Waals surface area contributed by atoms with E-state index >= 15 is 0 Å². The fourth-order valence-corrected chi connectivity index (χ4v) is 6.66. The van der Waals surface area contributed by atoms with Gasteiger partial charge in [0, 0.05) is 11.1 Å². The van der Waals surface area contributed by atoms with E-state index in [9.17, 15) is 9.59 Å². The molecule has 270 valence electrons. The number of hydrogen-bond donors (Lipinski definition) is 0. The van der Waals surface area contributed by atoms with Crippen LogP contribution in [0.25, 0.3) is 0 Å². The second-order valence-electron chi connectivity index (χ2n) is 13.1. The summed E-state index contributed by atoms with van der Waals surface area (Å²) in [5.41, 5.74) is 4.73. The molecule has 0 saturated carbocycles. The van der Waals surface area contributed by atoms with Gasteiger partial charge in [-0.15, -0.1) is 0 Å². The minimum absolute atomic E-state index is 0.142. The maximum atomic E-state index is 13.2.